The Morgan fingerprint density at radius 2 is 2.20 bits per heavy atom. The van der Waals surface area contributed by atoms with E-state index in [2.05, 4.69) is 10.3 Å². The van der Waals surface area contributed by atoms with Crippen LogP contribution in [-0.2, 0) is 11.3 Å². The minimum atomic E-state index is -0.593. The van der Waals surface area contributed by atoms with Gasteiger partial charge in [-0.2, -0.15) is 0 Å². The molecule has 114 valence electrons. The first kappa shape index (κ1) is 16.3. The summed E-state index contributed by atoms with van der Waals surface area (Å²) in [5.41, 5.74) is 4.75. The van der Waals surface area contributed by atoms with Crippen LogP contribution >= 0.6 is 0 Å². The molecule has 0 saturated carbocycles. The highest BCUT2D eigenvalue weighted by Gasteiger charge is 2.13. The Balaban J connectivity index is 2.95. The van der Waals surface area contributed by atoms with Crippen molar-refractivity contribution in [2.45, 2.75) is 32.4 Å². The molecule has 0 aromatic carbocycles. The van der Waals surface area contributed by atoms with Crippen LogP contribution in [0.25, 0.3) is 0 Å². The quantitative estimate of drug-likeness (QED) is 0.503. The van der Waals surface area contributed by atoms with Gasteiger partial charge in [0.25, 0.3) is 5.56 Å². The third-order valence-corrected chi connectivity index (χ3v) is 2.89. The number of aliphatic hydroxyl groups excluding tert-OH is 1. The smallest absolute Gasteiger partial charge is 0.330 e. The van der Waals surface area contributed by atoms with Crippen LogP contribution in [0.5, 0.6) is 0 Å². The summed E-state index contributed by atoms with van der Waals surface area (Å²) >= 11 is 0. The third kappa shape index (κ3) is 4.10. The second kappa shape index (κ2) is 7.71. The molecular formula is C12H22N4O4. The van der Waals surface area contributed by atoms with Crippen molar-refractivity contribution in [3.8, 4) is 0 Å². The fourth-order valence-electron chi connectivity index (χ4n) is 1.82. The third-order valence-electron chi connectivity index (χ3n) is 2.89. The largest absolute Gasteiger partial charge is 0.391 e. The highest BCUT2D eigenvalue weighted by molar-refractivity contribution is 5.60. The standard InChI is InChI=1S/C12H22N4O4/c1-3-4-8(17)7-14-9-10(13)16(5-6-20-2)12(19)15-11(9)18/h8,14,17H,3-7,13H2,1-2H3,(H,15,18,19). The maximum Gasteiger partial charge on any atom is 0.330 e. The average Bonchev–Trinajstić information content (AvgIpc) is 2.38. The van der Waals surface area contributed by atoms with E-state index in [1.54, 1.807) is 0 Å². The number of nitrogens with two attached hydrogens (primary N) is 1. The summed E-state index contributed by atoms with van der Waals surface area (Å²) in [5.74, 6) is 0.0412. The second-order valence-electron chi connectivity index (χ2n) is 4.49. The van der Waals surface area contributed by atoms with Crippen molar-refractivity contribution < 1.29 is 9.84 Å². The zero-order valence-corrected chi connectivity index (χ0v) is 11.8. The van der Waals surface area contributed by atoms with Gasteiger partial charge in [0, 0.05) is 13.7 Å². The Morgan fingerprint density at radius 3 is 2.80 bits per heavy atom. The van der Waals surface area contributed by atoms with E-state index in [1.807, 2.05) is 6.92 Å². The zero-order valence-electron chi connectivity index (χ0n) is 11.8. The molecule has 8 nitrogen and oxygen atoms in total. The summed E-state index contributed by atoms with van der Waals surface area (Å²) in [6, 6.07) is 0. The van der Waals surface area contributed by atoms with Crippen molar-refractivity contribution in [1.29, 1.82) is 0 Å². The van der Waals surface area contributed by atoms with Crippen molar-refractivity contribution in [3.05, 3.63) is 20.8 Å². The first-order valence-electron chi connectivity index (χ1n) is 6.54. The van der Waals surface area contributed by atoms with Crippen molar-refractivity contribution in [2.75, 3.05) is 31.3 Å². The number of nitrogens with zero attached hydrogens (tertiary/aromatic N) is 1. The molecular weight excluding hydrogens is 264 g/mol. The summed E-state index contributed by atoms with van der Waals surface area (Å²) < 4.78 is 6.11. The van der Waals surface area contributed by atoms with Gasteiger partial charge in [0.2, 0.25) is 0 Å². The van der Waals surface area contributed by atoms with E-state index in [0.29, 0.717) is 13.0 Å². The summed E-state index contributed by atoms with van der Waals surface area (Å²) in [4.78, 5) is 25.6. The molecule has 0 aliphatic heterocycles. The van der Waals surface area contributed by atoms with Crippen LogP contribution in [0.4, 0.5) is 11.5 Å². The number of H-pyrrole nitrogens is 1. The fourth-order valence-corrected chi connectivity index (χ4v) is 1.82. The van der Waals surface area contributed by atoms with Crippen LogP contribution in [-0.4, -0.2) is 41.0 Å². The number of nitrogen functional groups attached to an aromatic ring is 1. The molecule has 20 heavy (non-hydrogen) atoms. The summed E-state index contributed by atoms with van der Waals surface area (Å²) in [7, 11) is 1.51. The van der Waals surface area contributed by atoms with Crippen molar-refractivity contribution in [2.24, 2.45) is 0 Å². The number of nitrogens with one attached hydrogen (secondary N) is 2. The number of aliphatic hydroxyl groups is 1. The first-order chi connectivity index (χ1) is 9.51. The van der Waals surface area contributed by atoms with Gasteiger partial charge in [-0.05, 0) is 6.42 Å². The van der Waals surface area contributed by atoms with Gasteiger partial charge in [-0.1, -0.05) is 13.3 Å². The Kier molecular flexibility index (Phi) is 6.26. The number of aromatic amines is 1. The van der Waals surface area contributed by atoms with Crippen molar-refractivity contribution in [3.63, 3.8) is 0 Å². The van der Waals surface area contributed by atoms with Crippen LogP contribution in [0, 0.1) is 0 Å². The lowest BCUT2D eigenvalue weighted by Gasteiger charge is -2.15. The highest BCUT2D eigenvalue weighted by atomic mass is 16.5. The molecule has 0 amide bonds. The van der Waals surface area contributed by atoms with Crippen LogP contribution in [0.15, 0.2) is 9.59 Å². The number of aromatic nitrogens is 2. The number of anilines is 2. The molecule has 1 rings (SSSR count). The molecule has 1 atom stereocenters. The molecule has 0 radical (unpaired) electrons. The van der Waals surface area contributed by atoms with Crippen LogP contribution in [0.2, 0.25) is 0 Å². The van der Waals surface area contributed by atoms with Gasteiger partial charge < -0.3 is 20.9 Å². The lowest BCUT2D eigenvalue weighted by Crippen LogP contribution is -2.36. The Bertz CT molecular complexity index is 537. The Labute approximate surface area is 116 Å². The number of hydrogen-bond donors (Lipinski definition) is 4. The molecule has 0 aliphatic carbocycles. The molecule has 0 fully saturated rings. The number of rotatable bonds is 8. The summed E-state index contributed by atoms with van der Waals surface area (Å²) in [6.45, 7) is 2.69. The predicted octanol–water partition coefficient (Wildman–Crippen LogP) is -0.662. The number of methoxy groups -OCH3 is 1. The monoisotopic (exact) mass is 286 g/mol. The molecule has 0 saturated heterocycles. The lowest BCUT2D eigenvalue weighted by molar-refractivity contribution is 0.176. The van der Waals surface area contributed by atoms with E-state index >= 15 is 0 Å². The highest BCUT2D eigenvalue weighted by Crippen LogP contribution is 2.10. The van der Waals surface area contributed by atoms with Gasteiger partial charge in [0.1, 0.15) is 11.5 Å². The second-order valence-corrected chi connectivity index (χ2v) is 4.49. The van der Waals surface area contributed by atoms with Crippen LogP contribution in [0.3, 0.4) is 0 Å². The van der Waals surface area contributed by atoms with Gasteiger partial charge in [0.05, 0.1) is 19.3 Å². The average molecular weight is 286 g/mol. The minimum absolute atomic E-state index is 0.0412. The van der Waals surface area contributed by atoms with E-state index < -0.39 is 17.4 Å². The van der Waals surface area contributed by atoms with Crippen LogP contribution in [0.1, 0.15) is 19.8 Å². The molecule has 5 N–H and O–H groups in total. The van der Waals surface area contributed by atoms with E-state index in [4.69, 9.17) is 10.5 Å². The zero-order chi connectivity index (χ0) is 15.1. The maximum absolute atomic E-state index is 11.7. The predicted molar refractivity (Wildman–Crippen MR) is 77.0 cm³/mol. The molecule has 0 spiro atoms. The molecule has 1 unspecified atom stereocenters. The number of hydrogen-bond acceptors (Lipinski definition) is 6. The number of ether oxygens (including phenoxy) is 1. The van der Waals surface area contributed by atoms with Crippen molar-refractivity contribution in [1.82, 2.24) is 9.55 Å². The van der Waals surface area contributed by atoms with Crippen LogP contribution < -0.4 is 22.3 Å². The molecule has 1 heterocycles. The van der Waals surface area contributed by atoms with Gasteiger partial charge in [-0.3, -0.25) is 14.3 Å². The molecule has 1 aromatic heterocycles. The summed E-state index contributed by atoms with van der Waals surface area (Å²) in [6.07, 6.45) is 0.883. The van der Waals surface area contributed by atoms with E-state index in [9.17, 15) is 14.7 Å². The Morgan fingerprint density at radius 1 is 1.50 bits per heavy atom. The molecule has 0 aliphatic rings. The van der Waals surface area contributed by atoms with Gasteiger partial charge in [-0.15, -0.1) is 0 Å². The SMILES string of the molecule is CCCC(O)CNc1c(N)n(CCOC)c(=O)[nH]c1=O. The van der Waals surface area contributed by atoms with E-state index in [-0.39, 0.29) is 24.6 Å². The van der Waals surface area contributed by atoms with Gasteiger partial charge in [0.15, 0.2) is 0 Å². The fraction of sp³-hybridized carbons (Fsp3) is 0.667. The Hall–Kier alpha value is -1.80. The lowest BCUT2D eigenvalue weighted by atomic mass is 10.2. The maximum atomic E-state index is 11.7. The first-order valence-corrected chi connectivity index (χ1v) is 6.54. The summed E-state index contributed by atoms with van der Waals surface area (Å²) in [5, 5.41) is 12.4. The van der Waals surface area contributed by atoms with Gasteiger partial charge >= 0.3 is 5.69 Å². The molecule has 0 bridgehead atoms. The topological polar surface area (TPSA) is 122 Å². The van der Waals surface area contributed by atoms with Gasteiger partial charge in [-0.25, -0.2) is 4.79 Å². The molecule has 1 aromatic rings. The minimum Gasteiger partial charge on any atom is -0.391 e. The van der Waals surface area contributed by atoms with Crippen molar-refractivity contribution >= 4 is 11.5 Å². The van der Waals surface area contributed by atoms with E-state index in [1.165, 1.54) is 11.7 Å². The van der Waals surface area contributed by atoms with E-state index in [0.717, 1.165) is 6.42 Å². The molecule has 8 heteroatoms. The normalized spacial score (nSPS) is 12.3.